The van der Waals surface area contributed by atoms with Gasteiger partial charge in [0.1, 0.15) is 6.54 Å². The number of carbonyl (C=O) groups excluding carboxylic acids is 1. The number of nitroso groups, excluding NO2 is 1. The summed E-state index contributed by atoms with van der Waals surface area (Å²) in [6, 6.07) is 13.9. The predicted octanol–water partition coefficient (Wildman–Crippen LogP) is 3.31. The van der Waals surface area contributed by atoms with Crippen molar-refractivity contribution in [2.45, 2.75) is 0 Å². The van der Waals surface area contributed by atoms with E-state index in [4.69, 9.17) is 11.6 Å². The molecule has 0 spiro atoms. The number of hydrogen-bond acceptors (Lipinski definition) is 5. The minimum Gasteiger partial charge on any atom is -0.378 e. The molecule has 6 nitrogen and oxygen atoms in total. The van der Waals surface area contributed by atoms with Crippen LogP contribution in [0.4, 0.5) is 5.69 Å². The molecule has 7 heteroatoms. The fourth-order valence-electron chi connectivity index (χ4n) is 2.01. The summed E-state index contributed by atoms with van der Waals surface area (Å²) in [5.41, 5.74) is 4.87. The minimum atomic E-state index is -0.370. The fourth-order valence-corrected chi connectivity index (χ4v) is 2.20. The van der Waals surface area contributed by atoms with Crippen LogP contribution in [0.15, 0.2) is 58.8 Å². The Bertz CT molecular complexity index is 757. The molecule has 1 N–H and O–H groups in total. The van der Waals surface area contributed by atoms with E-state index in [0.717, 1.165) is 5.69 Å². The van der Waals surface area contributed by atoms with E-state index in [0.29, 0.717) is 21.9 Å². The molecule has 0 atom stereocenters. The minimum absolute atomic E-state index is 0.166. The summed E-state index contributed by atoms with van der Waals surface area (Å²) in [7, 11) is 3.84. The van der Waals surface area contributed by atoms with Crippen molar-refractivity contribution in [3.63, 3.8) is 0 Å². The van der Waals surface area contributed by atoms with E-state index in [1.165, 1.54) is 0 Å². The lowest BCUT2D eigenvalue weighted by Gasteiger charge is -2.12. The highest BCUT2D eigenvalue weighted by Gasteiger charge is 2.08. The number of nitrogens with zero attached hydrogens (tertiary/aromatic N) is 3. The van der Waals surface area contributed by atoms with Crippen LogP contribution in [0.3, 0.4) is 0 Å². The Morgan fingerprint density at radius 1 is 1.12 bits per heavy atom. The van der Waals surface area contributed by atoms with Crippen LogP contribution in [0.25, 0.3) is 0 Å². The van der Waals surface area contributed by atoms with Crippen LogP contribution in [-0.4, -0.2) is 32.3 Å². The molecular formula is C17H17ClN4O2. The fraction of sp³-hybridized carbons (Fsp3) is 0.176. The van der Waals surface area contributed by atoms with E-state index in [1.807, 2.05) is 31.1 Å². The van der Waals surface area contributed by atoms with Crippen LogP contribution in [0.2, 0.25) is 5.02 Å². The summed E-state index contributed by atoms with van der Waals surface area (Å²) in [4.78, 5) is 24.7. The monoisotopic (exact) mass is 344 g/mol. The second-order valence-electron chi connectivity index (χ2n) is 5.24. The standard InChI is InChI=1S/C17H17ClN4O2/c1-22(2)15-8-6-12(7-9-15)17(23)21-20-16(11-19-24)13-4-3-5-14(18)10-13/h3-10H,11H2,1-2H3,(H,21,23). The molecule has 2 rings (SSSR count). The van der Waals surface area contributed by atoms with Crippen LogP contribution < -0.4 is 10.3 Å². The molecule has 24 heavy (non-hydrogen) atoms. The molecule has 2 aromatic rings. The zero-order chi connectivity index (χ0) is 17.5. The Labute approximate surface area is 145 Å². The largest absolute Gasteiger partial charge is 0.378 e. The maximum atomic E-state index is 12.2. The van der Waals surface area contributed by atoms with Crippen molar-refractivity contribution < 1.29 is 4.79 Å². The second-order valence-corrected chi connectivity index (χ2v) is 5.67. The van der Waals surface area contributed by atoms with Crippen molar-refractivity contribution >= 4 is 28.9 Å². The normalized spacial score (nSPS) is 11.0. The molecule has 0 bridgehead atoms. The Kier molecular flexibility index (Phi) is 6.03. The van der Waals surface area contributed by atoms with E-state index < -0.39 is 0 Å². The Morgan fingerprint density at radius 3 is 2.42 bits per heavy atom. The van der Waals surface area contributed by atoms with E-state index in [2.05, 4.69) is 15.7 Å². The summed E-state index contributed by atoms with van der Waals surface area (Å²) in [5, 5.41) is 7.37. The number of carbonyl (C=O) groups is 1. The summed E-state index contributed by atoms with van der Waals surface area (Å²) in [5.74, 6) is -0.370. The van der Waals surface area contributed by atoms with Crippen LogP contribution >= 0.6 is 11.6 Å². The number of nitrogens with one attached hydrogen (secondary N) is 1. The van der Waals surface area contributed by atoms with Gasteiger partial charge in [-0.05, 0) is 36.4 Å². The first-order chi connectivity index (χ1) is 11.5. The Hall–Kier alpha value is -2.73. The van der Waals surface area contributed by atoms with Crippen molar-refractivity contribution in [1.29, 1.82) is 0 Å². The van der Waals surface area contributed by atoms with Gasteiger partial charge in [-0.2, -0.15) is 10.0 Å². The third kappa shape index (κ3) is 4.63. The van der Waals surface area contributed by atoms with Gasteiger partial charge in [0, 0.05) is 35.9 Å². The molecule has 0 unspecified atom stereocenters. The van der Waals surface area contributed by atoms with Gasteiger partial charge in [-0.25, -0.2) is 5.43 Å². The van der Waals surface area contributed by atoms with E-state index in [1.54, 1.807) is 36.4 Å². The molecule has 0 aliphatic rings. The summed E-state index contributed by atoms with van der Waals surface area (Å²) in [6.45, 7) is -0.166. The Morgan fingerprint density at radius 2 is 1.83 bits per heavy atom. The van der Waals surface area contributed by atoms with Crippen LogP contribution in [-0.2, 0) is 0 Å². The summed E-state index contributed by atoms with van der Waals surface area (Å²) < 4.78 is 0. The topological polar surface area (TPSA) is 74.1 Å². The van der Waals surface area contributed by atoms with Gasteiger partial charge in [0.25, 0.3) is 5.91 Å². The first-order valence-corrected chi connectivity index (χ1v) is 7.58. The molecule has 2 aromatic carbocycles. The number of hydrogen-bond donors (Lipinski definition) is 1. The summed E-state index contributed by atoms with van der Waals surface area (Å²) >= 11 is 5.93. The van der Waals surface area contributed by atoms with Crippen LogP contribution in [0.1, 0.15) is 15.9 Å². The third-order valence-corrected chi connectivity index (χ3v) is 3.55. The molecule has 0 radical (unpaired) electrons. The molecule has 0 saturated carbocycles. The van der Waals surface area contributed by atoms with Gasteiger partial charge < -0.3 is 4.90 Å². The lowest BCUT2D eigenvalue weighted by molar-refractivity contribution is 0.0955. The van der Waals surface area contributed by atoms with Crippen molar-refractivity contribution in [2.75, 3.05) is 25.5 Å². The van der Waals surface area contributed by atoms with Crippen molar-refractivity contribution in [3.05, 3.63) is 69.6 Å². The zero-order valence-electron chi connectivity index (χ0n) is 13.4. The van der Waals surface area contributed by atoms with Gasteiger partial charge in [0.2, 0.25) is 0 Å². The molecule has 0 saturated heterocycles. The van der Waals surface area contributed by atoms with Gasteiger partial charge in [0.05, 0.1) is 5.71 Å². The van der Waals surface area contributed by atoms with Gasteiger partial charge >= 0.3 is 0 Å². The maximum Gasteiger partial charge on any atom is 0.271 e. The molecule has 0 aliphatic carbocycles. The van der Waals surface area contributed by atoms with Crippen molar-refractivity contribution in [3.8, 4) is 0 Å². The van der Waals surface area contributed by atoms with Gasteiger partial charge in [-0.1, -0.05) is 28.9 Å². The molecular weight excluding hydrogens is 328 g/mol. The first-order valence-electron chi connectivity index (χ1n) is 7.20. The van der Waals surface area contributed by atoms with Gasteiger partial charge in [-0.15, -0.1) is 0 Å². The quantitative estimate of drug-likeness (QED) is 0.496. The highest BCUT2D eigenvalue weighted by molar-refractivity contribution is 6.31. The third-order valence-electron chi connectivity index (χ3n) is 3.31. The van der Waals surface area contributed by atoms with Crippen molar-refractivity contribution in [1.82, 2.24) is 5.43 Å². The number of amides is 1. The molecule has 0 aromatic heterocycles. The Balaban J connectivity index is 2.16. The number of rotatable bonds is 6. The lowest BCUT2D eigenvalue weighted by Crippen LogP contribution is -2.21. The van der Waals surface area contributed by atoms with Gasteiger partial charge in [-0.3, -0.25) is 4.79 Å². The number of anilines is 1. The molecule has 0 fully saturated rings. The SMILES string of the molecule is CN(C)c1ccc(C(=O)NN=C(CN=O)c2cccc(Cl)c2)cc1. The predicted molar refractivity (Wildman–Crippen MR) is 96.9 cm³/mol. The summed E-state index contributed by atoms with van der Waals surface area (Å²) in [6.07, 6.45) is 0. The average Bonchev–Trinajstić information content (AvgIpc) is 2.58. The van der Waals surface area contributed by atoms with Crippen molar-refractivity contribution in [2.24, 2.45) is 10.3 Å². The molecule has 0 aliphatic heterocycles. The first kappa shape index (κ1) is 17.6. The van der Waals surface area contributed by atoms with Gasteiger partial charge in [0.15, 0.2) is 0 Å². The number of halogens is 1. The number of hydrazone groups is 1. The highest BCUT2D eigenvalue weighted by atomic mass is 35.5. The zero-order valence-corrected chi connectivity index (χ0v) is 14.1. The molecule has 1 amide bonds. The molecule has 124 valence electrons. The molecule has 0 heterocycles. The smallest absolute Gasteiger partial charge is 0.271 e. The maximum absolute atomic E-state index is 12.2. The van der Waals surface area contributed by atoms with E-state index in [-0.39, 0.29) is 12.5 Å². The average molecular weight is 345 g/mol. The van der Waals surface area contributed by atoms with E-state index >= 15 is 0 Å². The second kappa shape index (κ2) is 8.21. The number of benzene rings is 2. The van der Waals surface area contributed by atoms with Crippen LogP contribution in [0, 0.1) is 4.91 Å². The highest BCUT2D eigenvalue weighted by Crippen LogP contribution is 2.13. The van der Waals surface area contributed by atoms with E-state index in [9.17, 15) is 9.70 Å². The lowest BCUT2D eigenvalue weighted by atomic mass is 10.1. The van der Waals surface area contributed by atoms with Crippen LogP contribution in [0.5, 0.6) is 0 Å².